The molecule has 2 rings (SSSR count). The van der Waals surface area contributed by atoms with Crippen LogP contribution in [-0.2, 0) is 0 Å². The minimum atomic E-state index is 0.500. The summed E-state index contributed by atoms with van der Waals surface area (Å²) in [6.07, 6.45) is 4.06. The molecule has 0 aromatic heterocycles. The summed E-state index contributed by atoms with van der Waals surface area (Å²) in [6, 6.07) is 0. The number of piperidine rings is 1. The third-order valence-corrected chi connectivity index (χ3v) is 5.91. The fourth-order valence-electron chi connectivity index (χ4n) is 2.23. The van der Waals surface area contributed by atoms with Crippen molar-refractivity contribution in [1.82, 2.24) is 8.01 Å². The Hall–Kier alpha value is 1.00. The van der Waals surface area contributed by atoms with Crippen molar-refractivity contribution in [2.75, 3.05) is 32.4 Å². The molecule has 0 atom stereocenters. The average molecular weight is 312 g/mol. The molecule has 0 aliphatic carbocycles. The van der Waals surface area contributed by atoms with Crippen LogP contribution in [0, 0.1) is 0 Å². The second kappa shape index (κ2) is 4.24. The first-order valence-electron chi connectivity index (χ1n) is 4.99. The van der Waals surface area contributed by atoms with Gasteiger partial charge in [0.1, 0.15) is 0 Å². The Balaban J connectivity index is 2.01. The highest BCUT2D eigenvalue weighted by Crippen LogP contribution is 2.42. The van der Waals surface area contributed by atoms with Gasteiger partial charge in [-0.1, -0.05) is 0 Å². The van der Waals surface area contributed by atoms with Gasteiger partial charge in [0.2, 0.25) is 0 Å². The quantitative estimate of drug-likeness (QED) is 0.500. The standard InChI is InChI=1S/C9H17IN2S/c1-11-5-2-8-13-9(11)3-6-12(10)7-4-9/h2-8H2,1H3. The van der Waals surface area contributed by atoms with Crippen molar-refractivity contribution in [2.24, 2.45) is 0 Å². The summed E-state index contributed by atoms with van der Waals surface area (Å²) < 4.78 is 2.42. The van der Waals surface area contributed by atoms with Gasteiger partial charge in [0.15, 0.2) is 0 Å². The summed E-state index contributed by atoms with van der Waals surface area (Å²) >= 11 is 4.64. The third-order valence-electron chi connectivity index (χ3n) is 3.19. The van der Waals surface area contributed by atoms with E-state index in [1.54, 1.807) is 0 Å². The van der Waals surface area contributed by atoms with E-state index in [4.69, 9.17) is 0 Å². The van der Waals surface area contributed by atoms with Gasteiger partial charge in [-0.25, -0.2) is 3.11 Å². The molecule has 2 aliphatic heterocycles. The molecule has 2 heterocycles. The highest BCUT2D eigenvalue weighted by molar-refractivity contribution is 14.1. The van der Waals surface area contributed by atoms with Crippen LogP contribution in [0.25, 0.3) is 0 Å². The lowest BCUT2D eigenvalue weighted by Crippen LogP contribution is -2.52. The first kappa shape index (κ1) is 10.5. The van der Waals surface area contributed by atoms with E-state index in [0.29, 0.717) is 4.87 Å². The van der Waals surface area contributed by atoms with Crippen LogP contribution >= 0.6 is 34.6 Å². The summed E-state index contributed by atoms with van der Waals surface area (Å²) in [6.45, 7) is 3.82. The zero-order chi connectivity index (χ0) is 9.31. The SMILES string of the molecule is CN1CCCSC12CCN(I)CC2. The molecule has 4 heteroatoms. The number of hydrogen-bond acceptors (Lipinski definition) is 3. The topological polar surface area (TPSA) is 6.48 Å². The second-order valence-electron chi connectivity index (χ2n) is 3.98. The fourth-order valence-corrected chi connectivity index (χ4v) is 4.15. The van der Waals surface area contributed by atoms with E-state index < -0.39 is 0 Å². The van der Waals surface area contributed by atoms with Crippen molar-refractivity contribution in [3.8, 4) is 0 Å². The lowest BCUT2D eigenvalue weighted by atomic mass is 10.0. The number of hydrogen-bond donors (Lipinski definition) is 0. The first-order valence-corrected chi connectivity index (χ1v) is 6.94. The van der Waals surface area contributed by atoms with Crippen LogP contribution < -0.4 is 0 Å². The van der Waals surface area contributed by atoms with Gasteiger partial charge in [0.25, 0.3) is 0 Å². The van der Waals surface area contributed by atoms with E-state index in [-0.39, 0.29) is 0 Å². The summed E-state index contributed by atoms with van der Waals surface area (Å²) in [4.78, 5) is 3.09. The molecule has 0 amide bonds. The van der Waals surface area contributed by atoms with Crippen LogP contribution in [0.2, 0.25) is 0 Å². The van der Waals surface area contributed by atoms with Crippen LogP contribution in [0.4, 0.5) is 0 Å². The summed E-state index contributed by atoms with van der Waals surface area (Å²) in [5, 5.41) is 0. The minimum Gasteiger partial charge on any atom is -0.292 e. The lowest BCUT2D eigenvalue weighted by molar-refractivity contribution is 0.143. The van der Waals surface area contributed by atoms with Crippen molar-refractivity contribution < 1.29 is 0 Å². The Morgan fingerprint density at radius 2 is 1.92 bits per heavy atom. The number of nitrogens with zero attached hydrogens (tertiary/aromatic N) is 2. The highest BCUT2D eigenvalue weighted by atomic mass is 127. The molecule has 0 aromatic rings. The summed E-state index contributed by atoms with van der Waals surface area (Å²) in [5.41, 5.74) is 0. The van der Waals surface area contributed by atoms with Crippen LogP contribution in [0.15, 0.2) is 0 Å². The molecule has 1 spiro atoms. The Morgan fingerprint density at radius 1 is 1.23 bits per heavy atom. The number of halogens is 1. The zero-order valence-electron chi connectivity index (χ0n) is 8.13. The van der Waals surface area contributed by atoms with Crippen LogP contribution in [0.3, 0.4) is 0 Å². The van der Waals surface area contributed by atoms with Gasteiger partial charge in [-0.15, -0.1) is 11.8 Å². The molecule has 76 valence electrons. The molecule has 0 bridgehead atoms. The Labute approximate surface area is 98.9 Å². The second-order valence-corrected chi connectivity index (χ2v) is 6.80. The maximum atomic E-state index is 2.59. The molecule has 2 aliphatic rings. The predicted molar refractivity (Wildman–Crippen MR) is 67.3 cm³/mol. The molecule has 2 nitrogen and oxygen atoms in total. The van der Waals surface area contributed by atoms with E-state index in [1.807, 2.05) is 0 Å². The third kappa shape index (κ3) is 2.16. The molecule has 0 radical (unpaired) electrons. The Bertz CT molecular complexity index is 180. The summed E-state index contributed by atoms with van der Waals surface area (Å²) in [5.74, 6) is 1.37. The van der Waals surface area contributed by atoms with E-state index in [2.05, 4.69) is 49.7 Å². The van der Waals surface area contributed by atoms with E-state index in [1.165, 1.54) is 44.6 Å². The van der Waals surface area contributed by atoms with Crippen molar-refractivity contribution in [3.63, 3.8) is 0 Å². The molecule has 0 aromatic carbocycles. The molecule has 2 saturated heterocycles. The number of rotatable bonds is 0. The lowest BCUT2D eigenvalue weighted by Gasteiger charge is -2.48. The fraction of sp³-hybridized carbons (Fsp3) is 1.00. The zero-order valence-corrected chi connectivity index (χ0v) is 11.1. The van der Waals surface area contributed by atoms with Gasteiger partial charge in [0.05, 0.1) is 4.87 Å². The maximum Gasteiger partial charge on any atom is 0.0692 e. The summed E-state index contributed by atoms with van der Waals surface area (Å²) in [7, 11) is 2.30. The Morgan fingerprint density at radius 3 is 2.54 bits per heavy atom. The van der Waals surface area contributed by atoms with Crippen molar-refractivity contribution in [2.45, 2.75) is 24.1 Å². The van der Waals surface area contributed by atoms with Crippen LogP contribution in [0.5, 0.6) is 0 Å². The smallest absolute Gasteiger partial charge is 0.0692 e. The normalized spacial score (nSPS) is 30.9. The van der Waals surface area contributed by atoms with E-state index >= 15 is 0 Å². The van der Waals surface area contributed by atoms with Gasteiger partial charge in [-0.2, -0.15) is 0 Å². The first-order chi connectivity index (χ1) is 6.23. The Kier molecular flexibility index (Phi) is 3.43. The molecule has 0 saturated carbocycles. The number of thioether (sulfide) groups is 1. The van der Waals surface area contributed by atoms with Gasteiger partial charge in [-0.3, -0.25) is 4.90 Å². The largest absolute Gasteiger partial charge is 0.292 e. The average Bonchev–Trinajstić information content (AvgIpc) is 2.15. The minimum absolute atomic E-state index is 0.500. The van der Waals surface area contributed by atoms with Crippen LogP contribution in [-0.4, -0.2) is 45.3 Å². The van der Waals surface area contributed by atoms with E-state index in [9.17, 15) is 0 Å². The van der Waals surface area contributed by atoms with E-state index in [0.717, 1.165) is 0 Å². The van der Waals surface area contributed by atoms with Gasteiger partial charge in [-0.05, 0) is 38.6 Å². The van der Waals surface area contributed by atoms with Crippen LogP contribution in [0.1, 0.15) is 19.3 Å². The molecule has 2 fully saturated rings. The van der Waals surface area contributed by atoms with Crippen molar-refractivity contribution in [1.29, 1.82) is 0 Å². The molecular formula is C9H17IN2S. The van der Waals surface area contributed by atoms with Gasteiger partial charge < -0.3 is 0 Å². The monoisotopic (exact) mass is 312 g/mol. The molecule has 13 heavy (non-hydrogen) atoms. The molecule has 0 N–H and O–H groups in total. The maximum absolute atomic E-state index is 2.59. The van der Waals surface area contributed by atoms with Crippen molar-refractivity contribution in [3.05, 3.63) is 0 Å². The molecular weight excluding hydrogens is 295 g/mol. The molecule has 0 unspecified atom stereocenters. The van der Waals surface area contributed by atoms with Gasteiger partial charge >= 0.3 is 0 Å². The highest BCUT2D eigenvalue weighted by Gasteiger charge is 2.39. The van der Waals surface area contributed by atoms with Gasteiger partial charge in [0, 0.05) is 36.0 Å². The predicted octanol–water partition coefficient (Wildman–Crippen LogP) is 2.20. The van der Waals surface area contributed by atoms with Crippen molar-refractivity contribution >= 4 is 34.6 Å².